The Hall–Kier alpha value is -1.60. The molecule has 0 bridgehead atoms. The van der Waals surface area contributed by atoms with Crippen molar-refractivity contribution in [3.05, 3.63) is 54.1 Å². The molecule has 3 rings (SSSR count). The van der Waals surface area contributed by atoms with E-state index in [-0.39, 0.29) is 18.3 Å². The molecular weight excluding hydrogens is 434 g/mol. The highest BCUT2D eigenvalue weighted by molar-refractivity contribution is 7.99. The van der Waals surface area contributed by atoms with E-state index in [0.29, 0.717) is 13.0 Å². The summed E-state index contributed by atoms with van der Waals surface area (Å²) >= 11 is 3.35. The van der Waals surface area contributed by atoms with Crippen LogP contribution in [0.5, 0.6) is 0 Å². The smallest absolute Gasteiger partial charge is 0.229 e. The summed E-state index contributed by atoms with van der Waals surface area (Å²) in [6.07, 6.45) is 2.45. The van der Waals surface area contributed by atoms with Crippen molar-refractivity contribution in [1.82, 2.24) is 9.88 Å². The van der Waals surface area contributed by atoms with Crippen molar-refractivity contribution in [2.24, 2.45) is 0 Å². The van der Waals surface area contributed by atoms with Gasteiger partial charge in [0, 0.05) is 23.6 Å². The lowest BCUT2D eigenvalue weighted by atomic mass is 10.2. The maximum atomic E-state index is 13.1. The van der Waals surface area contributed by atoms with Crippen LogP contribution in [0.15, 0.2) is 53.4 Å². The van der Waals surface area contributed by atoms with E-state index in [1.807, 2.05) is 23.1 Å². The first kappa shape index (κ1) is 24.7. The topological polar surface area (TPSA) is 36.4 Å². The van der Waals surface area contributed by atoms with Crippen molar-refractivity contribution in [1.29, 1.82) is 0 Å². The van der Waals surface area contributed by atoms with Gasteiger partial charge in [-0.25, -0.2) is 4.98 Å². The van der Waals surface area contributed by atoms with Gasteiger partial charge in [-0.3, -0.25) is 9.69 Å². The van der Waals surface area contributed by atoms with Gasteiger partial charge in [0.1, 0.15) is 0 Å². The third kappa shape index (κ3) is 6.98. The first-order valence-electron chi connectivity index (χ1n) is 10.1. The van der Waals surface area contributed by atoms with Crippen molar-refractivity contribution in [2.45, 2.75) is 31.1 Å². The summed E-state index contributed by atoms with van der Waals surface area (Å²) in [6.45, 7) is 3.81. The SMILES string of the molecule is CCc1ccc2nc(N(CCCN(C)C)C(=O)CCSc3ccccc3)sc2c1.Cl. The first-order chi connectivity index (χ1) is 14.1. The zero-order valence-corrected chi connectivity index (χ0v) is 20.3. The predicted octanol–water partition coefficient (Wildman–Crippen LogP) is 5.75. The quantitative estimate of drug-likeness (QED) is 0.359. The van der Waals surface area contributed by atoms with Gasteiger partial charge in [-0.1, -0.05) is 42.5 Å². The van der Waals surface area contributed by atoms with Gasteiger partial charge in [0.05, 0.1) is 10.2 Å². The number of rotatable bonds is 10. The average Bonchev–Trinajstić information content (AvgIpc) is 3.14. The van der Waals surface area contributed by atoms with Crippen LogP contribution in [-0.4, -0.2) is 48.7 Å². The fourth-order valence-corrected chi connectivity index (χ4v) is 5.01. The number of carbonyl (C=O) groups is 1. The van der Waals surface area contributed by atoms with Crippen LogP contribution in [0.3, 0.4) is 0 Å². The molecule has 0 N–H and O–H groups in total. The Morgan fingerprint density at radius 2 is 1.87 bits per heavy atom. The van der Waals surface area contributed by atoms with E-state index in [2.05, 4.69) is 56.3 Å². The van der Waals surface area contributed by atoms with Crippen LogP contribution >= 0.6 is 35.5 Å². The summed E-state index contributed by atoms with van der Waals surface area (Å²) < 4.78 is 1.16. The van der Waals surface area contributed by atoms with Crippen LogP contribution in [0.25, 0.3) is 10.2 Å². The van der Waals surface area contributed by atoms with Gasteiger partial charge in [0.25, 0.3) is 0 Å². The van der Waals surface area contributed by atoms with Crippen molar-refractivity contribution in [3.8, 4) is 0 Å². The monoisotopic (exact) mass is 463 g/mol. The number of nitrogens with zero attached hydrogens (tertiary/aromatic N) is 3. The number of thioether (sulfide) groups is 1. The Balaban J connectivity index is 0.00000320. The molecule has 30 heavy (non-hydrogen) atoms. The lowest BCUT2D eigenvalue weighted by Crippen LogP contribution is -2.33. The molecule has 0 aliphatic rings. The van der Waals surface area contributed by atoms with Crippen LogP contribution in [0.1, 0.15) is 25.3 Å². The largest absolute Gasteiger partial charge is 0.309 e. The summed E-state index contributed by atoms with van der Waals surface area (Å²) in [7, 11) is 4.12. The summed E-state index contributed by atoms with van der Waals surface area (Å²) in [5, 5.41) is 0.821. The number of thiazole rings is 1. The normalized spacial score (nSPS) is 10.9. The molecule has 0 fully saturated rings. The number of hydrogen-bond donors (Lipinski definition) is 0. The Kier molecular flexibility index (Phi) is 10.1. The number of benzene rings is 2. The minimum absolute atomic E-state index is 0. The van der Waals surface area contributed by atoms with E-state index < -0.39 is 0 Å². The Morgan fingerprint density at radius 1 is 1.10 bits per heavy atom. The van der Waals surface area contributed by atoms with Crippen LogP contribution in [0.2, 0.25) is 0 Å². The van der Waals surface area contributed by atoms with E-state index in [9.17, 15) is 4.79 Å². The molecular formula is C23H30ClN3OS2. The highest BCUT2D eigenvalue weighted by Crippen LogP contribution is 2.30. The molecule has 1 amide bonds. The van der Waals surface area contributed by atoms with E-state index in [0.717, 1.165) is 40.5 Å². The second kappa shape index (κ2) is 12.3. The number of carbonyl (C=O) groups excluding carboxylic acids is 1. The molecule has 0 saturated carbocycles. The number of halogens is 1. The second-order valence-corrected chi connectivity index (χ2v) is 9.44. The molecule has 0 aliphatic carbocycles. The molecule has 7 heteroatoms. The van der Waals surface area contributed by atoms with E-state index in [4.69, 9.17) is 4.98 Å². The molecule has 0 atom stereocenters. The van der Waals surface area contributed by atoms with E-state index in [1.54, 1.807) is 23.1 Å². The average molecular weight is 464 g/mol. The van der Waals surface area contributed by atoms with Gasteiger partial charge in [0.2, 0.25) is 5.91 Å². The summed E-state index contributed by atoms with van der Waals surface area (Å²) in [4.78, 5) is 23.1. The predicted molar refractivity (Wildman–Crippen MR) is 134 cm³/mol. The van der Waals surface area contributed by atoms with Gasteiger partial charge in [-0.2, -0.15) is 0 Å². The fraction of sp³-hybridized carbons (Fsp3) is 0.391. The van der Waals surface area contributed by atoms with Crippen LogP contribution < -0.4 is 4.90 Å². The van der Waals surface area contributed by atoms with Gasteiger partial charge < -0.3 is 4.90 Å². The zero-order chi connectivity index (χ0) is 20.6. The highest BCUT2D eigenvalue weighted by Gasteiger charge is 2.19. The fourth-order valence-electron chi connectivity index (χ4n) is 3.07. The van der Waals surface area contributed by atoms with E-state index in [1.165, 1.54) is 10.5 Å². The number of aromatic nitrogens is 1. The Bertz CT molecular complexity index is 931. The summed E-state index contributed by atoms with van der Waals surface area (Å²) in [5.41, 5.74) is 2.28. The molecule has 1 aromatic heterocycles. The highest BCUT2D eigenvalue weighted by atomic mass is 35.5. The first-order valence-corrected chi connectivity index (χ1v) is 11.9. The Morgan fingerprint density at radius 3 is 2.57 bits per heavy atom. The van der Waals surface area contributed by atoms with Crippen molar-refractivity contribution in [3.63, 3.8) is 0 Å². The number of anilines is 1. The molecule has 0 unspecified atom stereocenters. The standard InChI is InChI=1S/C23H29N3OS2.ClH/c1-4-18-11-12-20-21(17-18)29-23(24-20)26(15-8-14-25(2)3)22(27)13-16-28-19-9-6-5-7-10-19;/h5-7,9-12,17H,4,8,13-16H2,1-3H3;1H. The van der Waals surface area contributed by atoms with Crippen LogP contribution in [-0.2, 0) is 11.2 Å². The van der Waals surface area contributed by atoms with Crippen molar-refractivity contribution >= 4 is 56.8 Å². The summed E-state index contributed by atoms with van der Waals surface area (Å²) in [6, 6.07) is 16.6. The third-order valence-electron chi connectivity index (χ3n) is 4.70. The second-order valence-electron chi connectivity index (χ2n) is 7.27. The molecule has 0 saturated heterocycles. The Labute approximate surface area is 194 Å². The molecule has 162 valence electrons. The molecule has 4 nitrogen and oxygen atoms in total. The van der Waals surface area contributed by atoms with E-state index >= 15 is 0 Å². The van der Waals surface area contributed by atoms with Crippen LogP contribution in [0.4, 0.5) is 5.13 Å². The number of fused-ring (bicyclic) bond motifs is 1. The van der Waals surface area contributed by atoms with Gasteiger partial charge in [-0.15, -0.1) is 24.2 Å². The molecule has 2 aromatic carbocycles. The number of aryl methyl sites for hydroxylation is 1. The van der Waals surface area contributed by atoms with Gasteiger partial charge >= 0.3 is 0 Å². The lowest BCUT2D eigenvalue weighted by molar-refractivity contribution is -0.118. The zero-order valence-electron chi connectivity index (χ0n) is 17.8. The van der Waals surface area contributed by atoms with Crippen molar-refractivity contribution in [2.75, 3.05) is 37.8 Å². The maximum Gasteiger partial charge on any atom is 0.229 e. The number of amides is 1. The minimum Gasteiger partial charge on any atom is -0.309 e. The molecule has 0 radical (unpaired) electrons. The third-order valence-corrected chi connectivity index (χ3v) is 6.75. The molecule has 1 heterocycles. The molecule has 3 aromatic rings. The van der Waals surface area contributed by atoms with Crippen LogP contribution in [0, 0.1) is 0 Å². The summed E-state index contributed by atoms with van der Waals surface area (Å²) in [5.74, 6) is 0.930. The number of hydrogen-bond acceptors (Lipinski definition) is 5. The van der Waals surface area contributed by atoms with Crippen molar-refractivity contribution < 1.29 is 4.79 Å². The maximum absolute atomic E-state index is 13.1. The minimum atomic E-state index is 0. The molecule has 0 aliphatic heterocycles. The molecule has 0 spiro atoms. The van der Waals surface area contributed by atoms with Gasteiger partial charge in [0.15, 0.2) is 5.13 Å². The van der Waals surface area contributed by atoms with Gasteiger partial charge in [-0.05, 0) is 63.3 Å². The lowest BCUT2D eigenvalue weighted by Gasteiger charge is -2.21.